The fourth-order valence-electron chi connectivity index (χ4n) is 1.06. The van der Waals surface area contributed by atoms with Crippen molar-refractivity contribution >= 4 is 5.91 Å². The van der Waals surface area contributed by atoms with E-state index in [-0.39, 0.29) is 5.76 Å². The zero-order valence-electron chi connectivity index (χ0n) is 7.19. The molecule has 1 aliphatic heterocycles. The van der Waals surface area contributed by atoms with Crippen molar-refractivity contribution in [3.63, 3.8) is 0 Å². The highest BCUT2D eigenvalue weighted by molar-refractivity contribution is 5.91. The number of nitrogens with two attached hydrogens (primary N) is 1. The number of hydrogen-bond acceptors (Lipinski definition) is 4. The molecule has 5 nitrogen and oxygen atoms in total. The van der Waals surface area contributed by atoms with Crippen LogP contribution in [0.2, 0.25) is 0 Å². The van der Waals surface area contributed by atoms with Gasteiger partial charge < -0.3 is 9.47 Å². The number of ether oxygens (including phenoxy) is 2. The predicted molar refractivity (Wildman–Crippen MR) is 48.1 cm³/mol. The number of carbonyl (C=O) groups is 1. The van der Waals surface area contributed by atoms with Crippen LogP contribution in [0.15, 0.2) is 36.3 Å². The fourth-order valence-corrected chi connectivity index (χ4v) is 1.06. The van der Waals surface area contributed by atoms with Gasteiger partial charge in [0.2, 0.25) is 5.76 Å². The molecule has 1 amide bonds. The lowest BCUT2D eigenvalue weighted by Crippen LogP contribution is -2.33. The first-order chi connectivity index (χ1) is 6.81. The van der Waals surface area contributed by atoms with Crippen molar-refractivity contribution in [3.05, 3.63) is 36.3 Å². The standard InChI is InChI=1S/C9H8N2O3/c10-11-9(12)8-5-13-6-3-1-2-4-7(6)14-8/h1-5H,10H2,(H,11,12). The molecule has 1 aromatic carbocycles. The minimum Gasteiger partial charge on any atom is -0.457 e. The highest BCUT2D eigenvalue weighted by Crippen LogP contribution is 2.31. The van der Waals surface area contributed by atoms with Gasteiger partial charge in [0, 0.05) is 0 Å². The number of carbonyl (C=O) groups excluding carboxylic acids is 1. The zero-order valence-corrected chi connectivity index (χ0v) is 7.19. The predicted octanol–water partition coefficient (Wildman–Crippen LogP) is 0.289. The Morgan fingerprint density at radius 2 is 2.00 bits per heavy atom. The average Bonchev–Trinajstić information content (AvgIpc) is 2.27. The molecule has 0 spiro atoms. The molecule has 1 aromatic rings. The molecule has 0 radical (unpaired) electrons. The number of hydrogen-bond donors (Lipinski definition) is 2. The van der Waals surface area contributed by atoms with Gasteiger partial charge in [-0.2, -0.15) is 0 Å². The zero-order chi connectivity index (χ0) is 9.97. The molecule has 5 heteroatoms. The van der Waals surface area contributed by atoms with Crippen LogP contribution in [-0.4, -0.2) is 5.91 Å². The summed E-state index contributed by atoms with van der Waals surface area (Å²) in [5.41, 5.74) is 1.95. The van der Waals surface area contributed by atoms with Gasteiger partial charge in [0.25, 0.3) is 0 Å². The second-order valence-corrected chi connectivity index (χ2v) is 2.62. The highest BCUT2D eigenvalue weighted by atomic mass is 16.6. The third-order valence-electron chi connectivity index (χ3n) is 1.72. The second kappa shape index (κ2) is 3.39. The number of hydrazine groups is 1. The van der Waals surface area contributed by atoms with Crippen molar-refractivity contribution in [2.24, 2.45) is 5.84 Å². The molecule has 0 saturated carbocycles. The summed E-state index contributed by atoms with van der Waals surface area (Å²) in [5, 5.41) is 0. The van der Waals surface area contributed by atoms with Crippen LogP contribution in [0.25, 0.3) is 0 Å². The van der Waals surface area contributed by atoms with Gasteiger partial charge in [0.05, 0.1) is 0 Å². The summed E-state index contributed by atoms with van der Waals surface area (Å²) in [7, 11) is 0. The van der Waals surface area contributed by atoms with Crippen LogP contribution < -0.4 is 20.7 Å². The van der Waals surface area contributed by atoms with E-state index in [4.69, 9.17) is 15.3 Å². The van der Waals surface area contributed by atoms with E-state index in [0.717, 1.165) is 0 Å². The van der Waals surface area contributed by atoms with Gasteiger partial charge in [-0.05, 0) is 12.1 Å². The summed E-state index contributed by atoms with van der Waals surface area (Å²) in [6, 6.07) is 7.03. The van der Waals surface area contributed by atoms with E-state index >= 15 is 0 Å². The van der Waals surface area contributed by atoms with E-state index in [9.17, 15) is 4.79 Å². The summed E-state index contributed by atoms with van der Waals surface area (Å²) < 4.78 is 10.4. The van der Waals surface area contributed by atoms with Crippen LogP contribution in [0.4, 0.5) is 0 Å². The molecule has 0 saturated heterocycles. The summed E-state index contributed by atoms with van der Waals surface area (Å²) in [6.45, 7) is 0. The maximum absolute atomic E-state index is 11.1. The molecule has 1 heterocycles. The molecule has 0 aliphatic carbocycles. The number of fused-ring (bicyclic) bond motifs is 1. The van der Waals surface area contributed by atoms with Crippen LogP contribution >= 0.6 is 0 Å². The maximum Gasteiger partial charge on any atom is 0.304 e. The topological polar surface area (TPSA) is 73.6 Å². The average molecular weight is 192 g/mol. The molecule has 0 bridgehead atoms. The molecule has 1 aliphatic rings. The minimum atomic E-state index is -0.528. The first-order valence-corrected chi connectivity index (χ1v) is 3.96. The van der Waals surface area contributed by atoms with Crippen LogP contribution in [0.1, 0.15) is 0 Å². The van der Waals surface area contributed by atoms with Gasteiger partial charge in [0.1, 0.15) is 6.26 Å². The molecule has 2 rings (SSSR count). The highest BCUT2D eigenvalue weighted by Gasteiger charge is 2.18. The van der Waals surface area contributed by atoms with Gasteiger partial charge in [-0.1, -0.05) is 12.1 Å². The molecular formula is C9H8N2O3. The van der Waals surface area contributed by atoms with E-state index in [2.05, 4.69) is 0 Å². The van der Waals surface area contributed by atoms with E-state index in [1.807, 2.05) is 11.5 Å². The molecule has 3 N–H and O–H groups in total. The van der Waals surface area contributed by atoms with Crippen molar-refractivity contribution in [2.45, 2.75) is 0 Å². The molecule has 0 unspecified atom stereocenters. The summed E-state index contributed by atoms with van der Waals surface area (Å²) in [4.78, 5) is 11.1. The Labute approximate surface area is 80.1 Å². The first-order valence-electron chi connectivity index (χ1n) is 3.96. The van der Waals surface area contributed by atoms with E-state index in [0.29, 0.717) is 11.5 Å². The van der Waals surface area contributed by atoms with E-state index < -0.39 is 5.91 Å². The van der Waals surface area contributed by atoms with Gasteiger partial charge in [-0.15, -0.1) is 0 Å². The number of para-hydroxylation sites is 2. The lowest BCUT2D eigenvalue weighted by molar-refractivity contribution is -0.119. The Morgan fingerprint density at radius 3 is 2.71 bits per heavy atom. The van der Waals surface area contributed by atoms with Gasteiger partial charge in [-0.25, -0.2) is 5.84 Å². The van der Waals surface area contributed by atoms with Crippen LogP contribution in [0, 0.1) is 0 Å². The van der Waals surface area contributed by atoms with Crippen LogP contribution in [-0.2, 0) is 4.79 Å². The third kappa shape index (κ3) is 1.40. The summed E-state index contributed by atoms with van der Waals surface area (Å²) >= 11 is 0. The van der Waals surface area contributed by atoms with Crippen LogP contribution in [0.3, 0.4) is 0 Å². The Hall–Kier alpha value is -2.01. The van der Waals surface area contributed by atoms with Crippen molar-refractivity contribution in [2.75, 3.05) is 0 Å². The quantitative estimate of drug-likeness (QED) is 0.381. The Balaban J connectivity index is 2.25. The third-order valence-corrected chi connectivity index (χ3v) is 1.72. The maximum atomic E-state index is 11.1. The Kier molecular flexibility index (Phi) is 2.08. The van der Waals surface area contributed by atoms with Crippen molar-refractivity contribution in [1.29, 1.82) is 0 Å². The Bertz CT molecular complexity index is 401. The molecule has 0 atom stereocenters. The van der Waals surface area contributed by atoms with Gasteiger partial charge in [0.15, 0.2) is 11.5 Å². The lowest BCUT2D eigenvalue weighted by atomic mass is 10.3. The molecular weight excluding hydrogens is 184 g/mol. The van der Waals surface area contributed by atoms with E-state index in [1.165, 1.54) is 6.26 Å². The van der Waals surface area contributed by atoms with Gasteiger partial charge >= 0.3 is 5.91 Å². The van der Waals surface area contributed by atoms with Gasteiger partial charge in [-0.3, -0.25) is 10.2 Å². The summed E-state index contributed by atoms with van der Waals surface area (Å²) in [5.74, 6) is 5.52. The molecule has 14 heavy (non-hydrogen) atoms. The number of nitrogens with one attached hydrogen (secondary N) is 1. The molecule has 0 aromatic heterocycles. The SMILES string of the molecule is NNC(=O)C1=COc2ccccc2O1. The largest absolute Gasteiger partial charge is 0.457 e. The number of amides is 1. The first kappa shape index (κ1) is 8.58. The second-order valence-electron chi connectivity index (χ2n) is 2.62. The number of benzene rings is 1. The molecule has 0 fully saturated rings. The van der Waals surface area contributed by atoms with Crippen molar-refractivity contribution in [3.8, 4) is 11.5 Å². The Morgan fingerprint density at radius 1 is 1.29 bits per heavy atom. The number of rotatable bonds is 1. The smallest absolute Gasteiger partial charge is 0.304 e. The normalized spacial score (nSPS) is 13.1. The monoisotopic (exact) mass is 192 g/mol. The van der Waals surface area contributed by atoms with Crippen molar-refractivity contribution < 1.29 is 14.3 Å². The minimum absolute atomic E-state index is 0.0335. The fraction of sp³-hybridized carbons (Fsp3) is 0. The summed E-state index contributed by atoms with van der Waals surface area (Å²) in [6.07, 6.45) is 1.21. The van der Waals surface area contributed by atoms with E-state index in [1.54, 1.807) is 18.2 Å². The molecule has 72 valence electrons. The van der Waals surface area contributed by atoms with Crippen LogP contribution in [0.5, 0.6) is 11.5 Å². The van der Waals surface area contributed by atoms with Crippen molar-refractivity contribution in [1.82, 2.24) is 5.43 Å². The lowest BCUT2D eigenvalue weighted by Gasteiger charge is -2.16.